The van der Waals surface area contributed by atoms with E-state index in [1.807, 2.05) is 6.92 Å². The second-order valence-corrected chi connectivity index (χ2v) is 12.1. The van der Waals surface area contributed by atoms with E-state index in [1.165, 1.54) is 32.1 Å². The molecule has 158 valence electrons. The normalized spacial score (nSPS) is 56.6. The van der Waals surface area contributed by atoms with Gasteiger partial charge in [-0.05, 0) is 91.8 Å². The van der Waals surface area contributed by atoms with Gasteiger partial charge in [0.05, 0.1) is 12.7 Å². The molecule has 2 N–H and O–H groups in total. The number of epoxide rings is 1. The van der Waals surface area contributed by atoms with Gasteiger partial charge in [-0.3, -0.25) is 0 Å². The van der Waals surface area contributed by atoms with Crippen LogP contribution in [0.1, 0.15) is 79.6 Å². The summed E-state index contributed by atoms with van der Waals surface area (Å²) in [5.41, 5.74) is 2.04. The zero-order chi connectivity index (χ0) is 20.1. The molecular formula is C25H40O3. The topological polar surface area (TPSA) is 53.0 Å². The third-order valence-electron chi connectivity index (χ3n) is 10.4. The van der Waals surface area contributed by atoms with Crippen molar-refractivity contribution >= 4 is 0 Å². The van der Waals surface area contributed by atoms with Crippen molar-refractivity contribution in [3.63, 3.8) is 0 Å². The molecule has 28 heavy (non-hydrogen) atoms. The molecule has 3 saturated carbocycles. The third-order valence-corrected chi connectivity index (χ3v) is 10.4. The molecule has 1 heterocycles. The molecule has 1 spiro atoms. The highest BCUT2D eigenvalue weighted by atomic mass is 16.6. The fourth-order valence-corrected chi connectivity index (χ4v) is 8.83. The van der Waals surface area contributed by atoms with Crippen LogP contribution in [0.2, 0.25) is 0 Å². The first-order valence-electron chi connectivity index (χ1n) is 11.8. The lowest BCUT2D eigenvalue weighted by atomic mass is 9.50. The van der Waals surface area contributed by atoms with E-state index in [-0.39, 0.29) is 10.8 Å². The average molecular weight is 389 g/mol. The molecule has 1 aliphatic heterocycles. The maximum atomic E-state index is 11.0. The van der Waals surface area contributed by atoms with E-state index in [1.54, 1.807) is 5.57 Å². The Morgan fingerprint density at radius 1 is 1.07 bits per heavy atom. The van der Waals surface area contributed by atoms with Crippen molar-refractivity contribution in [2.45, 2.75) is 97.4 Å². The lowest BCUT2D eigenvalue weighted by molar-refractivity contribution is -0.0688. The van der Waals surface area contributed by atoms with Gasteiger partial charge in [0.1, 0.15) is 11.7 Å². The van der Waals surface area contributed by atoms with Crippen molar-refractivity contribution in [1.82, 2.24) is 0 Å². The molecule has 3 nitrogen and oxygen atoms in total. The number of hydrogen-bond donors (Lipinski definition) is 2. The van der Waals surface area contributed by atoms with Crippen LogP contribution in [0.15, 0.2) is 11.6 Å². The van der Waals surface area contributed by atoms with Crippen LogP contribution >= 0.6 is 0 Å². The van der Waals surface area contributed by atoms with Gasteiger partial charge in [0.2, 0.25) is 0 Å². The number of hydrogen-bond acceptors (Lipinski definition) is 3. The highest BCUT2D eigenvalue weighted by Gasteiger charge is 2.67. The van der Waals surface area contributed by atoms with E-state index in [4.69, 9.17) is 4.74 Å². The Kier molecular flexibility index (Phi) is 4.09. The summed E-state index contributed by atoms with van der Waals surface area (Å²) in [6.07, 6.45) is 9.77. The van der Waals surface area contributed by atoms with E-state index in [0.717, 1.165) is 24.2 Å². The highest BCUT2D eigenvalue weighted by Crippen LogP contribution is 2.74. The van der Waals surface area contributed by atoms with E-state index in [9.17, 15) is 10.2 Å². The lowest BCUT2D eigenvalue weighted by Crippen LogP contribution is -2.50. The van der Waals surface area contributed by atoms with Crippen molar-refractivity contribution in [1.29, 1.82) is 0 Å². The molecule has 4 aliphatic carbocycles. The smallest absolute Gasteiger partial charge is 0.117 e. The lowest BCUT2D eigenvalue weighted by Gasteiger charge is -2.54. The van der Waals surface area contributed by atoms with Gasteiger partial charge in [0.15, 0.2) is 0 Å². The third kappa shape index (κ3) is 2.39. The number of fused-ring (bicyclic) bond motifs is 2. The van der Waals surface area contributed by atoms with E-state index in [2.05, 4.69) is 33.8 Å². The molecule has 0 aromatic heterocycles. The average Bonchev–Trinajstić information content (AvgIpc) is 3.08. The van der Waals surface area contributed by atoms with Crippen LogP contribution in [-0.2, 0) is 4.74 Å². The zero-order valence-corrected chi connectivity index (χ0v) is 18.5. The molecule has 3 heteroatoms. The van der Waals surface area contributed by atoms with Crippen molar-refractivity contribution in [3.05, 3.63) is 11.6 Å². The quantitative estimate of drug-likeness (QED) is 0.541. The zero-order valence-electron chi connectivity index (χ0n) is 18.5. The van der Waals surface area contributed by atoms with Crippen LogP contribution < -0.4 is 0 Å². The van der Waals surface area contributed by atoms with Gasteiger partial charge in [0, 0.05) is 0 Å². The molecule has 1 saturated heterocycles. The second-order valence-electron chi connectivity index (χ2n) is 12.1. The molecule has 0 aromatic carbocycles. The summed E-state index contributed by atoms with van der Waals surface area (Å²) in [7, 11) is 0. The molecule has 5 aliphatic rings. The summed E-state index contributed by atoms with van der Waals surface area (Å²) in [6.45, 7) is 12.4. The maximum absolute atomic E-state index is 11.0. The molecule has 0 aromatic rings. The molecule has 5 rings (SSSR count). The van der Waals surface area contributed by atoms with Gasteiger partial charge in [-0.1, -0.05) is 39.3 Å². The summed E-state index contributed by atoms with van der Waals surface area (Å²) in [4.78, 5) is 0. The number of rotatable bonds is 4. The molecule has 4 fully saturated rings. The summed E-state index contributed by atoms with van der Waals surface area (Å²) in [5.74, 6) is 2.90. The van der Waals surface area contributed by atoms with Gasteiger partial charge in [0.25, 0.3) is 0 Å². The molecule has 0 bridgehead atoms. The number of ether oxygens (including phenoxy) is 1. The minimum Gasteiger partial charge on any atom is -0.390 e. The number of aliphatic hydroxyl groups excluding tert-OH is 2. The summed E-state index contributed by atoms with van der Waals surface area (Å²) in [5, 5.41) is 21.6. The number of aliphatic hydroxyl groups is 2. The van der Waals surface area contributed by atoms with Crippen molar-refractivity contribution in [2.75, 3.05) is 6.61 Å². The van der Waals surface area contributed by atoms with Crippen molar-refractivity contribution in [3.8, 4) is 0 Å². The summed E-state index contributed by atoms with van der Waals surface area (Å²) < 4.78 is 5.43. The Bertz CT molecular complexity index is 696. The van der Waals surface area contributed by atoms with Crippen LogP contribution in [0, 0.1) is 39.9 Å². The number of allylic oxidation sites excluding steroid dienone is 2. The van der Waals surface area contributed by atoms with E-state index >= 15 is 0 Å². The highest BCUT2D eigenvalue weighted by molar-refractivity contribution is 5.36. The molecular weight excluding hydrogens is 348 g/mol. The first-order chi connectivity index (χ1) is 13.1. The van der Waals surface area contributed by atoms with E-state index < -0.39 is 17.8 Å². The predicted octanol–water partition coefficient (Wildman–Crippen LogP) is 4.71. The maximum Gasteiger partial charge on any atom is 0.117 e. The molecule has 10 atom stereocenters. The minimum absolute atomic E-state index is 0.0932. The van der Waals surface area contributed by atoms with Gasteiger partial charge in [-0.25, -0.2) is 0 Å². The predicted molar refractivity (Wildman–Crippen MR) is 111 cm³/mol. The van der Waals surface area contributed by atoms with Crippen molar-refractivity contribution in [2.24, 2.45) is 39.9 Å². The Labute approximate surface area is 170 Å². The summed E-state index contributed by atoms with van der Waals surface area (Å²) >= 11 is 0. The monoisotopic (exact) mass is 388 g/mol. The van der Waals surface area contributed by atoms with Gasteiger partial charge >= 0.3 is 0 Å². The first-order valence-corrected chi connectivity index (χ1v) is 11.8. The Balaban J connectivity index is 1.50. The van der Waals surface area contributed by atoms with Crippen LogP contribution in [-0.4, -0.2) is 34.6 Å². The van der Waals surface area contributed by atoms with Crippen molar-refractivity contribution < 1.29 is 14.9 Å². The van der Waals surface area contributed by atoms with Gasteiger partial charge in [-0.15, -0.1) is 0 Å². The Morgan fingerprint density at radius 3 is 2.46 bits per heavy atom. The summed E-state index contributed by atoms with van der Waals surface area (Å²) in [6, 6.07) is 0. The standard InChI is InChI=1S/C25H40O3/c1-15-8-9-25-16(2)6-7-17(25)20-22(3,12-18(15)25)10-11-23(20,4)13-19(26)21(27)24(5)14-28-24/h12,15-17,19-21,26-27H,6-11,13-14H2,1-5H3/t15-,16-,17-,19?,20-,21?,22+,23+,24?,25?/m0/s1. The Morgan fingerprint density at radius 2 is 1.79 bits per heavy atom. The fourth-order valence-electron chi connectivity index (χ4n) is 8.83. The van der Waals surface area contributed by atoms with Crippen LogP contribution in [0.25, 0.3) is 0 Å². The first kappa shape index (κ1) is 19.6. The van der Waals surface area contributed by atoms with Gasteiger partial charge in [-0.2, -0.15) is 0 Å². The SMILES string of the molecule is C[C@H]1CCC23C1=C[C@@]1(C)CC[C@](C)(CC(O)C(O)C4(C)CO4)[C@H]1[C@@H]2CC[C@@H]3C. The van der Waals surface area contributed by atoms with E-state index in [0.29, 0.717) is 24.4 Å². The van der Waals surface area contributed by atoms with Crippen LogP contribution in [0.5, 0.6) is 0 Å². The van der Waals surface area contributed by atoms with Crippen LogP contribution in [0.3, 0.4) is 0 Å². The molecule has 0 radical (unpaired) electrons. The van der Waals surface area contributed by atoms with Gasteiger partial charge < -0.3 is 14.9 Å². The molecule has 4 unspecified atom stereocenters. The largest absolute Gasteiger partial charge is 0.390 e. The second kappa shape index (κ2) is 5.86. The van der Waals surface area contributed by atoms with Crippen LogP contribution in [0.4, 0.5) is 0 Å². The fraction of sp³-hybridized carbons (Fsp3) is 0.920. The molecule has 0 amide bonds. The minimum atomic E-state index is -0.770. The Hall–Kier alpha value is -0.380.